The molecule has 18 heavy (non-hydrogen) atoms. The van der Waals surface area contributed by atoms with Gasteiger partial charge in [-0.3, -0.25) is 4.98 Å². The minimum atomic E-state index is 0.580. The van der Waals surface area contributed by atoms with Gasteiger partial charge in [0, 0.05) is 29.0 Å². The molecule has 0 saturated carbocycles. The highest BCUT2D eigenvalue weighted by atomic mass is 15.0. The summed E-state index contributed by atoms with van der Waals surface area (Å²) < 4.78 is 0. The van der Waals surface area contributed by atoms with Crippen LogP contribution in [0.2, 0.25) is 0 Å². The molecule has 0 unspecified atom stereocenters. The molecule has 0 atom stereocenters. The lowest BCUT2D eigenvalue weighted by molar-refractivity contribution is 0.479. The van der Waals surface area contributed by atoms with Crippen LogP contribution in [0.4, 0.5) is 5.69 Å². The number of anilines is 1. The van der Waals surface area contributed by atoms with E-state index in [1.807, 2.05) is 6.20 Å². The van der Waals surface area contributed by atoms with Crippen molar-refractivity contribution in [1.82, 2.24) is 10.3 Å². The van der Waals surface area contributed by atoms with Crippen LogP contribution in [-0.2, 0) is 0 Å². The first-order chi connectivity index (χ1) is 8.84. The third kappa shape index (κ3) is 2.18. The van der Waals surface area contributed by atoms with Gasteiger partial charge in [0.25, 0.3) is 0 Å². The highest BCUT2D eigenvalue weighted by molar-refractivity contribution is 5.95. The van der Waals surface area contributed by atoms with Crippen molar-refractivity contribution >= 4 is 16.5 Å². The molecule has 3 rings (SSSR count). The maximum absolute atomic E-state index is 4.41. The Morgan fingerprint density at radius 2 is 2.06 bits per heavy atom. The molecule has 1 aromatic carbocycles. The Hall–Kier alpha value is -1.61. The van der Waals surface area contributed by atoms with Crippen molar-refractivity contribution in [3.63, 3.8) is 0 Å². The van der Waals surface area contributed by atoms with Crippen molar-refractivity contribution in [2.45, 2.75) is 25.8 Å². The summed E-state index contributed by atoms with van der Waals surface area (Å²) in [5.41, 5.74) is 2.33. The number of piperidine rings is 1. The number of hydrogen-bond acceptors (Lipinski definition) is 3. The third-order valence-electron chi connectivity index (χ3n) is 3.68. The molecule has 0 spiro atoms. The van der Waals surface area contributed by atoms with Crippen molar-refractivity contribution in [1.29, 1.82) is 0 Å². The summed E-state index contributed by atoms with van der Waals surface area (Å²) >= 11 is 0. The number of benzene rings is 1. The van der Waals surface area contributed by atoms with Crippen LogP contribution in [-0.4, -0.2) is 24.1 Å². The van der Waals surface area contributed by atoms with Gasteiger partial charge in [-0.05, 0) is 50.4 Å². The largest absolute Gasteiger partial charge is 0.382 e. The summed E-state index contributed by atoms with van der Waals surface area (Å²) in [6.45, 7) is 4.30. The maximum Gasteiger partial charge on any atom is 0.0471 e. The molecular weight excluding hydrogens is 222 g/mol. The van der Waals surface area contributed by atoms with Gasteiger partial charge in [0.2, 0.25) is 0 Å². The van der Waals surface area contributed by atoms with Gasteiger partial charge < -0.3 is 10.6 Å². The number of nitrogens with zero attached hydrogens (tertiary/aromatic N) is 1. The molecule has 2 aromatic rings. The fourth-order valence-electron chi connectivity index (χ4n) is 2.71. The van der Waals surface area contributed by atoms with Crippen molar-refractivity contribution in [3.05, 3.63) is 36.2 Å². The standard InChI is InChI=1S/C15H19N3/c1-11-15-12(5-10-17-11)3-2-4-14(15)18-13-6-8-16-9-7-13/h2-5,10,13,16,18H,6-9H2,1H3. The van der Waals surface area contributed by atoms with Gasteiger partial charge in [-0.2, -0.15) is 0 Å². The molecule has 94 valence electrons. The monoisotopic (exact) mass is 241 g/mol. The van der Waals surface area contributed by atoms with E-state index in [9.17, 15) is 0 Å². The molecule has 1 fully saturated rings. The fourth-order valence-corrected chi connectivity index (χ4v) is 2.71. The summed E-state index contributed by atoms with van der Waals surface area (Å²) in [6, 6.07) is 9.09. The third-order valence-corrected chi connectivity index (χ3v) is 3.68. The van der Waals surface area contributed by atoms with Crippen LogP contribution in [0.1, 0.15) is 18.5 Å². The van der Waals surface area contributed by atoms with Crippen molar-refractivity contribution in [2.24, 2.45) is 0 Å². The van der Waals surface area contributed by atoms with Gasteiger partial charge in [0.15, 0.2) is 0 Å². The second-order valence-electron chi connectivity index (χ2n) is 4.97. The van der Waals surface area contributed by atoms with Crippen LogP contribution >= 0.6 is 0 Å². The van der Waals surface area contributed by atoms with E-state index in [0.29, 0.717) is 6.04 Å². The topological polar surface area (TPSA) is 37.0 Å². The minimum Gasteiger partial charge on any atom is -0.382 e. The second-order valence-corrected chi connectivity index (χ2v) is 4.97. The van der Waals surface area contributed by atoms with Crippen LogP contribution in [0, 0.1) is 6.92 Å². The van der Waals surface area contributed by atoms with Crippen LogP contribution in [0.15, 0.2) is 30.5 Å². The molecule has 2 heterocycles. The number of aryl methyl sites for hydroxylation is 1. The predicted molar refractivity (Wildman–Crippen MR) is 76.0 cm³/mol. The molecule has 2 N–H and O–H groups in total. The van der Waals surface area contributed by atoms with Gasteiger partial charge in [-0.15, -0.1) is 0 Å². The van der Waals surface area contributed by atoms with Crippen LogP contribution < -0.4 is 10.6 Å². The van der Waals surface area contributed by atoms with E-state index >= 15 is 0 Å². The number of aromatic nitrogens is 1. The molecule has 3 heteroatoms. The maximum atomic E-state index is 4.41. The average Bonchev–Trinajstić information content (AvgIpc) is 2.40. The lowest BCUT2D eigenvalue weighted by atomic mass is 10.0. The Balaban J connectivity index is 1.95. The zero-order valence-corrected chi connectivity index (χ0v) is 10.7. The van der Waals surface area contributed by atoms with Crippen LogP contribution in [0.5, 0.6) is 0 Å². The van der Waals surface area contributed by atoms with Gasteiger partial charge in [0.05, 0.1) is 0 Å². The number of hydrogen-bond donors (Lipinski definition) is 2. The van der Waals surface area contributed by atoms with Gasteiger partial charge in [-0.1, -0.05) is 12.1 Å². The lowest BCUT2D eigenvalue weighted by Gasteiger charge is -2.25. The smallest absolute Gasteiger partial charge is 0.0471 e. The first kappa shape index (κ1) is 11.5. The fraction of sp³-hybridized carbons (Fsp3) is 0.400. The van der Waals surface area contributed by atoms with E-state index in [0.717, 1.165) is 18.8 Å². The quantitative estimate of drug-likeness (QED) is 0.849. The molecule has 1 aliphatic heterocycles. The Bertz CT molecular complexity index is 539. The Kier molecular flexibility index (Phi) is 3.15. The highest BCUT2D eigenvalue weighted by Gasteiger charge is 2.14. The molecule has 0 radical (unpaired) electrons. The first-order valence-corrected chi connectivity index (χ1v) is 6.66. The molecule has 3 nitrogen and oxygen atoms in total. The van der Waals surface area contributed by atoms with Crippen molar-refractivity contribution < 1.29 is 0 Å². The zero-order chi connectivity index (χ0) is 12.4. The normalized spacial score (nSPS) is 16.9. The zero-order valence-electron chi connectivity index (χ0n) is 10.7. The van der Waals surface area contributed by atoms with E-state index < -0.39 is 0 Å². The van der Waals surface area contributed by atoms with E-state index in [2.05, 4.69) is 46.8 Å². The molecule has 0 bridgehead atoms. The highest BCUT2D eigenvalue weighted by Crippen LogP contribution is 2.26. The summed E-state index contributed by atoms with van der Waals surface area (Å²) in [5, 5.41) is 9.61. The first-order valence-electron chi connectivity index (χ1n) is 6.66. The SMILES string of the molecule is Cc1nccc2cccc(NC3CCNCC3)c12. The average molecular weight is 241 g/mol. The number of pyridine rings is 1. The molecule has 1 aliphatic rings. The van der Waals surface area contributed by atoms with Crippen LogP contribution in [0.25, 0.3) is 10.8 Å². The van der Waals surface area contributed by atoms with Crippen LogP contribution in [0.3, 0.4) is 0 Å². The summed E-state index contributed by atoms with van der Waals surface area (Å²) in [5.74, 6) is 0. The Morgan fingerprint density at radius 1 is 1.22 bits per heavy atom. The van der Waals surface area contributed by atoms with Gasteiger partial charge >= 0.3 is 0 Å². The lowest BCUT2D eigenvalue weighted by Crippen LogP contribution is -2.35. The summed E-state index contributed by atoms with van der Waals surface area (Å²) in [4.78, 5) is 4.41. The minimum absolute atomic E-state index is 0.580. The summed E-state index contributed by atoms with van der Waals surface area (Å²) in [6.07, 6.45) is 4.26. The number of fused-ring (bicyclic) bond motifs is 1. The predicted octanol–water partition coefficient (Wildman–Crippen LogP) is 2.71. The van der Waals surface area contributed by atoms with E-state index in [1.165, 1.54) is 29.3 Å². The molecule has 1 saturated heterocycles. The second kappa shape index (κ2) is 4.94. The molecule has 0 amide bonds. The van der Waals surface area contributed by atoms with E-state index in [1.54, 1.807) is 0 Å². The van der Waals surface area contributed by atoms with Gasteiger partial charge in [0.1, 0.15) is 0 Å². The number of rotatable bonds is 2. The van der Waals surface area contributed by atoms with Crippen molar-refractivity contribution in [3.8, 4) is 0 Å². The Morgan fingerprint density at radius 3 is 2.89 bits per heavy atom. The van der Waals surface area contributed by atoms with Crippen molar-refractivity contribution in [2.75, 3.05) is 18.4 Å². The Labute approximate surface area is 108 Å². The molecule has 0 aliphatic carbocycles. The number of nitrogens with one attached hydrogen (secondary N) is 2. The molecular formula is C15H19N3. The molecule has 1 aromatic heterocycles. The van der Waals surface area contributed by atoms with E-state index in [-0.39, 0.29) is 0 Å². The van der Waals surface area contributed by atoms with Gasteiger partial charge in [-0.25, -0.2) is 0 Å². The van der Waals surface area contributed by atoms with E-state index in [4.69, 9.17) is 0 Å². The summed E-state index contributed by atoms with van der Waals surface area (Å²) in [7, 11) is 0.